The van der Waals surface area contributed by atoms with Gasteiger partial charge in [-0.15, -0.1) is 12.8 Å². The van der Waals surface area contributed by atoms with Gasteiger partial charge in [0.2, 0.25) is 0 Å². The fraction of sp³-hybridized carbons (Fsp3) is 0.556. The predicted molar refractivity (Wildman–Crippen MR) is 122 cm³/mol. The van der Waals surface area contributed by atoms with Crippen molar-refractivity contribution in [1.29, 1.82) is 10.8 Å². The Hall–Kier alpha value is -1.60. The normalized spacial score (nSPS) is 27.7. The average molecular weight is 461 g/mol. The topological polar surface area (TPSA) is 144 Å². The van der Waals surface area contributed by atoms with Crippen LogP contribution in [0.3, 0.4) is 0 Å². The van der Waals surface area contributed by atoms with Crippen molar-refractivity contribution in [2.24, 2.45) is 28.6 Å². The van der Waals surface area contributed by atoms with Gasteiger partial charge in [0.25, 0.3) is 6.43 Å². The van der Waals surface area contributed by atoms with Crippen LogP contribution >= 0.6 is 24.6 Å². The lowest BCUT2D eigenvalue weighted by Gasteiger charge is -2.40. The van der Waals surface area contributed by atoms with Crippen LogP contribution in [0.1, 0.15) is 20.3 Å². The van der Waals surface area contributed by atoms with Crippen LogP contribution in [0, 0.1) is 22.7 Å². The Balaban J connectivity index is 0.00000155. The predicted octanol–water partition coefficient (Wildman–Crippen LogP) is 1.81. The lowest BCUT2D eigenvalue weighted by atomic mass is 10.0. The standard InChI is InChI=1S/C18H27F2N7S.H3NS/c1-9-5-12(9)11-6-13(15(21)17(22)28-18(23)16(19)20)27(24)14(7-11)26-4-3-25-10(2)8-26;1-2/h6-7,9-10,12,16,22-23,25H,3-5,8,21,24H2,1-2H3;2H,1H2/b15-13-,22-17?,23-18?;/t9-,10?,12?;/m0./s1. The smallest absolute Gasteiger partial charge is 0.285 e. The molecule has 3 atom stereocenters. The highest BCUT2D eigenvalue weighted by molar-refractivity contribution is 8.26. The third-order valence-corrected chi connectivity index (χ3v) is 6.09. The summed E-state index contributed by atoms with van der Waals surface area (Å²) in [5.74, 6) is 8.13. The van der Waals surface area contributed by atoms with Crippen LogP contribution in [-0.4, -0.2) is 52.1 Å². The van der Waals surface area contributed by atoms with E-state index >= 15 is 0 Å². The summed E-state index contributed by atoms with van der Waals surface area (Å²) in [4.78, 5) is 2.17. The molecule has 8 nitrogen and oxygen atoms in total. The molecule has 12 heteroatoms. The van der Waals surface area contributed by atoms with Crippen molar-refractivity contribution in [2.45, 2.75) is 32.7 Å². The number of thiol groups is 1. The fourth-order valence-corrected chi connectivity index (χ4v) is 4.05. The summed E-state index contributed by atoms with van der Waals surface area (Å²) in [6.07, 6.45) is 2.06. The summed E-state index contributed by atoms with van der Waals surface area (Å²) in [5.41, 5.74) is 7.64. The van der Waals surface area contributed by atoms with Gasteiger partial charge in [0, 0.05) is 25.7 Å². The van der Waals surface area contributed by atoms with Crippen molar-refractivity contribution >= 4 is 34.7 Å². The Morgan fingerprint density at radius 2 is 1.93 bits per heavy atom. The van der Waals surface area contributed by atoms with E-state index < -0.39 is 11.5 Å². The second kappa shape index (κ2) is 10.6. The molecule has 0 aromatic carbocycles. The van der Waals surface area contributed by atoms with Gasteiger partial charge in [0.05, 0.1) is 11.4 Å². The zero-order valence-corrected chi connectivity index (χ0v) is 18.7. The van der Waals surface area contributed by atoms with Crippen molar-refractivity contribution in [3.8, 4) is 0 Å². The summed E-state index contributed by atoms with van der Waals surface area (Å²) >= 11 is 3.38. The number of hydrazine groups is 1. The van der Waals surface area contributed by atoms with Gasteiger partial charge >= 0.3 is 0 Å². The Morgan fingerprint density at radius 3 is 2.47 bits per heavy atom. The van der Waals surface area contributed by atoms with Crippen LogP contribution in [-0.2, 0) is 0 Å². The Morgan fingerprint density at radius 1 is 1.30 bits per heavy atom. The second-order valence-electron chi connectivity index (χ2n) is 7.53. The Bertz CT molecular complexity index is 767. The van der Waals surface area contributed by atoms with Gasteiger partial charge < -0.3 is 16.0 Å². The van der Waals surface area contributed by atoms with Crippen LogP contribution in [0.25, 0.3) is 0 Å². The molecule has 2 fully saturated rings. The van der Waals surface area contributed by atoms with E-state index in [9.17, 15) is 8.78 Å². The molecule has 1 saturated carbocycles. The molecule has 2 unspecified atom stereocenters. The number of hydrogen-bond donors (Lipinski definition) is 7. The number of nitrogens with zero attached hydrogens (tertiary/aromatic N) is 2. The molecule has 1 saturated heterocycles. The minimum atomic E-state index is -2.93. The first-order chi connectivity index (χ1) is 14.2. The number of nitrogens with one attached hydrogen (secondary N) is 3. The molecule has 3 rings (SSSR count). The van der Waals surface area contributed by atoms with E-state index in [-0.39, 0.29) is 10.7 Å². The first-order valence-corrected chi connectivity index (χ1v) is 10.9. The zero-order valence-electron chi connectivity index (χ0n) is 17.0. The number of alkyl halides is 2. The van der Waals surface area contributed by atoms with Gasteiger partial charge in [0.15, 0.2) is 0 Å². The van der Waals surface area contributed by atoms with Crippen LogP contribution in [0.5, 0.6) is 0 Å². The van der Waals surface area contributed by atoms with Gasteiger partial charge in [-0.1, -0.05) is 6.92 Å². The van der Waals surface area contributed by atoms with Crippen molar-refractivity contribution in [3.63, 3.8) is 0 Å². The van der Waals surface area contributed by atoms with Gasteiger partial charge in [0.1, 0.15) is 15.9 Å². The molecule has 0 amide bonds. The first kappa shape index (κ1) is 24.7. The highest BCUT2D eigenvalue weighted by Crippen LogP contribution is 2.46. The molecule has 9 N–H and O–H groups in total. The summed E-state index contributed by atoms with van der Waals surface area (Å²) in [6.45, 7) is 6.67. The molecule has 168 valence electrons. The van der Waals surface area contributed by atoms with Gasteiger partial charge in [-0.05, 0) is 54.7 Å². The molecule has 0 spiro atoms. The van der Waals surface area contributed by atoms with Gasteiger partial charge in [-0.3, -0.25) is 21.0 Å². The lowest BCUT2D eigenvalue weighted by molar-refractivity contribution is 0.194. The third-order valence-electron chi connectivity index (χ3n) is 5.27. The summed E-state index contributed by atoms with van der Waals surface area (Å²) in [6, 6.07) is 0.308. The van der Waals surface area contributed by atoms with E-state index in [1.54, 1.807) is 0 Å². The van der Waals surface area contributed by atoms with E-state index in [2.05, 4.69) is 48.1 Å². The summed E-state index contributed by atoms with van der Waals surface area (Å²) in [7, 11) is 0. The van der Waals surface area contributed by atoms with Crippen molar-refractivity contribution in [1.82, 2.24) is 15.2 Å². The second-order valence-corrected chi connectivity index (χ2v) is 8.58. The maximum Gasteiger partial charge on any atom is 0.285 e. The van der Waals surface area contributed by atoms with Crippen molar-refractivity contribution < 1.29 is 8.78 Å². The molecule has 2 heterocycles. The van der Waals surface area contributed by atoms with Crippen LogP contribution in [0.15, 0.2) is 34.9 Å². The van der Waals surface area contributed by atoms with Gasteiger partial charge in [-0.2, -0.15) is 0 Å². The highest BCUT2D eigenvalue weighted by Gasteiger charge is 2.38. The molecular weight excluding hydrogens is 430 g/mol. The molecule has 0 radical (unpaired) electrons. The molecule has 0 aromatic heterocycles. The molecule has 1 aliphatic carbocycles. The average Bonchev–Trinajstić information content (AvgIpc) is 3.45. The SMILES string of the molecule is CC1CN(C2=CC(C3C[C@@H]3C)=C/C(=C(/N)C(=N)SC(=N)C(F)F)N2N)CCN1.NS. The number of hydrogen-bond acceptors (Lipinski definition) is 10. The highest BCUT2D eigenvalue weighted by atomic mass is 32.2. The van der Waals surface area contributed by atoms with E-state index in [1.807, 2.05) is 6.08 Å². The molecule has 3 aliphatic rings. The maximum absolute atomic E-state index is 12.7. The third kappa shape index (κ3) is 5.76. The number of nitrogens with two attached hydrogens (primary N) is 3. The molecule has 0 bridgehead atoms. The lowest BCUT2D eigenvalue weighted by Crippen LogP contribution is -2.52. The monoisotopic (exact) mass is 460 g/mol. The van der Waals surface area contributed by atoms with Crippen LogP contribution in [0.2, 0.25) is 0 Å². The Kier molecular flexibility index (Phi) is 8.73. The first-order valence-electron chi connectivity index (χ1n) is 9.54. The number of piperazine rings is 1. The number of allylic oxidation sites excluding steroid dienone is 3. The van der Waals surface area contributed by atoms with Gasteiger partial charge in [-0.25, -0.2) is 14.6 Å². The summed E-state index contributed by atoms with van der Waals surface area (Å²) < 4.78 is 25.3. The number of halogens is 2. The minimum Gasteiger partial charge on any atom is -0.395 e. The van der Waals surface area contributed by atoms with Crippen molar-refractivity contribution in [3.05, 3.63) is 34.9 Å². The molecular formula is C18H30F2N8S2. The maximum atomic E-state index is 12.7. The van der Waals surface area contributed by atoms with Crippen molar-refractivity contribution in [2.75, 3.05) is 19.6 Å². The number of thioether (sulfide) groups is 1. The number of rotatable bonds is 4. The van der Waals surface area contributed by atoms with E-state index in [1.165, 1.54) is 5.01 Å². The largest absolute Gasteiger partial charge is 0.395 e. The molecule has 2 aliphatic heterocycles. The van der Waals surface area contributed by atoms with Crippen LogP contribution < -0.4 is 22.0 Å². The molecule has 0 aromatic rings. The molecule has 30 heavy (non-hydrogen) atoms. The zero-order chi connectivity index (χ0) is 22.6. The summed E-state index contributed by atoms with van der Waals surface area (Å²) in [5, 5.41) is 23.2. The fourth-order valence-electron chi connectivity index (χ4n) is 3.53. The van der Waals surface area contributed by atoms with E-state index in [4.69, 9.17) is 22.4 Å². The Labute approximate surface area is 185 Å². The van der Waals surface area contributed by atoms with Crippen LogP contribution in [0.4, 0.5) is 8.78 Å². The quantitative estimate of drug-likeness (QED) is 0.147. The minimum absolute atomic E-state index is 0.00233. The van der Waals surface area contributed by atoms with E-state index in [0.717, 1.165) is 37.4 Å². The van der Waals surface area contributed by atoms with E-state index in [0.29, 0.717) is 35.3 Å².